The van der Waals surface area contributed by atoms with E-state index in [1.807, 2.05) is 0 Å². The van der Waals surface area contributed by atoms with Gasteiger partial charge in [0, 0.05) is 6.42 Å². The summed E-state index contributed by atoms with van der Waals surface area (Å²) in [5, 5.41) is 0. The molecule has 1 saturated carbocycles. The molecule has 2 unspecified atom stereocenters. The third kappa shape index (κ3) is 10.2. The van der Waals surface area contributed by atoms with Crippen LogP contribution in [0.1, 0.15) is 103 Å². The predicted molar refractivity (Wildman–Crippen MR) is 93.9 cm³/mol. The summed E-state index contributed by atoms with van der Waals surface area (Å²) in [6.07, 6.45) is 20.0. The van der Waals surface area contributed by atoms with E-state index in [4.69, 9.17) is 0 Å². The first kappa shape index (κ1) is 19.5. The van der Waals surface area contributed by atoms with Crippen LogP contribution in [-0.4, -0.2) is 13.1 Å². The number of rotatable bonds is 15. The van der Waals surface area contributed by atoms with Crippen molar-refractivity contribution >= 4 is 5.97 Å². The van der Waals surface area contributed by atoms with Crippen LogP contribution in [0.2, 0.25) is 0 Å². The molecule has 0 saturated heterocycles. The SMILES string of the molecule is CCCCCCCCCCCC1CC1CCCCC(=O)OC. The van der Waals surface area contributed by atoms with Crippen molar-refractivity contribution < 1.29 is 9.53 Å². The van der Waals surface area contributed by atoms with Crippen LogP contribution in [0.25, 0.3) is 0 Å². The third-order valence-corrected chi connectivity index (χ3v) is 5.18. The second-order valence-corrected chi connectivity index (χ2v) is 7.19. The predicted octanol–water partition coefficient (Wildman–Crippen LogP) is 6.28. The second-order valence-electron chi connectivity index (χ2n) is 7.19. The smallest absolute Gasteiger partial charge is 0.305 e. The normalized spacial score (nSPS) is 20.1. The Labute approximate surface area is 138 Å². The molecule has 0 aromatic rings. The average molecular weight is 311 g/mol. The van der Waals surface area contributed by atoms with Gasteiger partial charge in [-0.05, 0) is 24.7 Å². The Kier molecular flexibility index (Phi) is 11.5. The van der Waals surface area contributed by atoms with Crippen molar-refractivity contribution in [1.29, 1.82) is 0 Å². The summed E-state index contributed by atoms with van der Waals surface area (Å²) >= 11 is 0. The molecule has 0 radical (unpaired) electrons. The number of hydrogen-bond donors (Lipinski definition) is 0. The van der Waals surface area contributed by atoms with E-state index in [9.17, 15) is 4.79 Å². The van der Waals surface area contributed by atoms with Crippen LogP contribution in [0.4, 0.5) is 0 Å². The van der Waals surface area contributed by atoms with E-state index in [0.29, 0.717) is 6.42 Å². The van der Waals surface area contributed by atoms with Gasteiger partial charge in [0.25, 0.3) is 0 Å². The number of ether oxygens (including phenoxy) is 1. The lowest BCUT2D eigenvalue weighted by Gasteiger charge is -2.03. The van der Waals surface area contributed by atoms with Crippen molar-refractivity contribution in [3.63, 3.8) is 0 Å². The van der Waals surface area contributed by atoms with Gasteiger partial charge in [0.05, 0.1) is 7.11 Å². The number of methoxy groups -OCH3 is 1. The summed E-state index contributed by atoms with van der Waals surface area (Å²) in [7, 11) is 1.48. The highest BCUT2D eigenvalue weighted by Crippen LogP contribution is 2.45. The van der Waals surface area contributed by atoms with Crippen LogP contribution in [0.5, 0.6) is 0 Å². The van der Waals surface area contributed by atoms with E-state index in [1.54, 1.807) is 0 Å². The zero-order valence-corrected chi connectivity index (χ0v) is 15.1. The van der Waals surface area contributed by atoms with E-state index in [2.05, 4.69) is 11.7 Å². The summed E-state index contributed by atoms with van der Waals surface area (Å²) in [6.45, 7) is 2.28. The zero-order chi connectivity index (χ0) is 16.0. The van der Waals surface area contributed by atoms with Crippen LogP contribution in [0.3, 0.4) is 0 Å². The molecule has 22 heavy (non-hydrogen) atoms. The molecule has 0 bridgehead atoms. The van der Waals surface area contributed by atoms with Gasteiger partial charge < -0.3 is 4.74 Å². The first-order valence-electron chi connectivity index (χ1n) is 9.84. The van der Waals surface area contributed by atoms with Crippen LogP contribution in [0, 0.1) is 11.8 Å². The van der Waals surface area contributed by atoms with Gasteiger partial charge in [-0.1, -0.05) is 84.0 Å². The van der Waals surface area contributed by atoms with Gasteiger partial charge in [-0.25, -0.2) is 0 Å². The second kappa shape index (κ2) is 13.0. The number of hydrogen-bond acceptors (Lipinski definition) is 2. The molecule has 2 nitrogen and oxygen atoms in total. The molecule has 1 fully saturated rings. The van der Waals surface area contributed by atoms with Crippen molar-refractivity contribution in [1.82, 2.24) is 0 Å². The number of carbonyl (C=O) groups is 1. The maximum Gasteiger partial charge on any atom is 0.305 e. The first-order chi connectivity index (χ1) is 10.8. The highest BCUT2D eigenvalue weighted by atomic mass is 16.5. The Hall–Kier alpha value is -0.530. The molecule has 0 aromatic heterocycles. The average Bonchev–Trinajstić information content (AvgIpc) is 3.28. The fraction of sp³-hybridized carbons (Fsp3) is 0.950. The fourth-order valence-electron chi connectivity index (χ4n) is 3.51. The van der Waals surface area contributed by atoms with Gasteiger partial charge in [0.2, 0.25) is 0 Å². The Bertz CT molecular complexity index is 275. The van der Waals surface area contributed by atoms with Gasteiger partial charge in [0.15, 0.2) is 0 Å². The molecule has 0 spiro atoms. The lowest BCUT2D eigenvalue weighted by atomic mass is 10.0. The molecule has 0 aromatic carbocycles. The van der Waals surface area contributed by atoms with E-state index in [1.165, 1.54) is 90.6 Å². The molecule has 130 valence electrons. The van der Waals surface area contributed by atoms with Gasteiger partial charge in [0.1, 0.15) is 0 Å². The molecule has 2 heteroatoms. The number of unbranched alkanes of at least 4 members (excludes halogenated alkanes) is 9. The van der Waals surface area contributed by atoms with Crippen molar-refractivity contribution in [3.8, 4) is 0 Å². The Balaban J connectivity index is 1.77. The zero-order valence-electron chi connectivity index (χ0n) is 15.1. The largest absolute Gasteiger partial charge is 0.469 e. The molecular weight excluding hydrogens is 272 g/mol. The maximum atomic E-state index is 11.0. The van der Waals surface area contributed by atoms with E-state index in [-0.39, 0.29) is 5.97 Å². The van der Waals surface area contributed by atoms with Crippen LogP contribution >= 0.6 is 0 Å². The molecule has 0 heterocycles. The standard InChI is InChI=1S/C20H38O2/c1-3-4-5-6-7-8-9-10-11-14-18-17-19(18)15-12-13-16-20(21)22-2/h18-19H,3-17H2,1-2H3. The Morgan fingerprint density at radius 3 is 1.86 bits per heavy atom. The van der Waals surface area contributed by atoms with Crippen LogP contribution in [-0.2, 0) is 9.53 Å². The molecule has 0 aliphatic heterocycles. The van der Waals surface area contributed by atoms with Crippen LogP contribution in [0.15, 0.2) is 0 Å². The van der Waals surface area contributed by atoms with Crippen LogP contribution < -0.4 is 0 Å². The number of esters is 1. The van der Waals surface area contributed by atoms with Gasteiger partial charge in [-0.15, -0.1) is 0 Å². The minimum atomic E-state index is -0.0537. The molecule has 2 atom stereocenters. The first-order valence-corrected chi connectivity index (χ1v) is 9.84. The van der Waals surface area contributed by atoms with Crippen molar-refractivity contribution in [2.75, 3.05) is 7.11 Å². The maximum absolute atomic E-state index is 11.0. The van der Waals surface area contributed by atoms with Crippen molar-refractivity contribution in [3.05, 3.63) is 0 Å². The Morgan fingerprint density at radius 2 is 1.32 bits per heavy atom. The molecule has 1 aliphatic rings. The molecule has 1 aliphatic carbocycles. The molecule has 0 amide bonds. The summed E-state index contributed by atoms with van der Waals surface area (Å²) in [4.78, 5) is 11.0. The quantitative estimate of drug-likeness (QED) is 0.263. The Morgan fingerprint density at radius 1 is 0.818 bits per heavy atom. The van der Waals surface area contributed by atoms with E-state index >= 15 is 0 Å². The van der Waals surface area contributed by atoms with Gasteiger partial charge >= 0.3 is 5.97 Å². The third-order valence-electron chi connectivity index (χ3n) is 5.18. The summed E-state index contributed by atoms with van der Waals surface area (Å²) in [5.41, 5.74) is 0. The monoisotopic (exact) mass is 310 g/mol. The molecular formula is C20H38O2. The molecule has 1 rings (SSSR count). The number of carbonyl (C=O) groups excluding carboxylic acids is 1. The minimum Gasteiger partial charge on any atom is -0.469 e. The molecule has 0 N–H and O–H groups in total. The van der Waals surface area contributed by atoms with Crippen molar-refractivity contribution in [2.45, 2.75) is 103 Å². The lowest BCUT2D eigenvalue weighted by molar-refractivity contribution is -0.140. The van der Waals surface area contributed by atoms with E-state index in [0.717, 1.165) is 18.3 Å². The topological polar surface area (TPSA) is 26.3 Å². The lowest BCUT2D eigenvalue weighted by Crippen LogP contribution is -1.99. The summed E-state index contributed by atoms with van der Waals surface area (Å²) < 4.78 is 4.67. The fourth-order valence-corrected chi connectivity index (χ4v) is 3.51. The minimum absolute atomic E-state index is 0.0537. The van der Waals surface area contributed by atoms with Crippen molar-refractivity contribution in [2.24, 2.45) is 11.8 Å². The van der Waals surface area contributed by atoms with Gasteiger partial charge in [-0.2, -0.15) is 0 Å². The van der Waals surface area contributed by atoms with Gasteiger partial charge in [-0.3, -0.25) is 4.79 Å². The van der Waals surface area contributed by atoms with E-state index < -0.39 is 0 Å². The summed E-state index contributed by atoms with van der Waals surface area (Å²) in [6, 6.07) is 0. The highest BCUT2D eigenvalue weighted by Gasteiger charge is 2.35. The highest BCUT2D eigenvalue weighted by molar-refractivity contribution is 5.68. The summed E-state index contributed by atoms with van der Waals surface area (Å²) in [5.74, 6) is 1.94.